The van der Waals surface area contributed by atoms with Crippen LogP contribution in [0, 0.1) is 0 Å². The lowest BCUT2D eigenvalue weighted by Gasteiger charge is -2.27. The summed E-state index contributed by atoms with van der Waals surface area (Å²) in [5.74, 6) is 0. The molecule has 25 heavy (non-hydrogen) atoms. The Morgan fingerprint density at radius 1 is 1.16 bits per heavy atom. The van der Waals surface area contributed by atoms with Crippen molar-refractivity contribution in [1.29, 1.82) is 0 Å². The number of imidazole rings is 1. The van der Waals surface area contributed by atoms with Crippen LogP contribution in [0.5, 0.6) is 0 Å². The van der Waals surface area contributed by atoms with E-state index in [0.717, 1.165) is 29.7 Å². The topological polar surface area (TPSA) is 62.5 Å². The number of carbonyl (C=O) groups is 1. The van der Waals surface area contributed by atoms with E-state index in [1.807, 2.05) is 31.1 Å². The number of carbonyl (C=O) groups excluding carboxylic acids is 1. The van der Waals surface area contributed by atoms with Crippen molar-refractivity contribution in [1.82, 2.24) is 14.0 Å². The summed E-state index contributed by atoms with van der Waals surface area (Å²) >= 11 is 0. The summed E-state index contributed by atoms with van der Waals surface area (Å²) in [5, 5.41) is 3.02. The van der Waals surface area contributed by atoms with E-state index in [1.165, 1.54) is 5.57 Å². The van der Waals surface area contributed by atoms with Crippen LogP contribution in [0.15, 0.2) is 28.6 Å². The third-order valence-corrected chi connectivity index (χ3v) is 4.84. The lowest BCUT2D eigenvalue weighted by molar-refractivity contribution is 0.215. The highest BCUT2D eigenvalue weighted by Gasteiger charge is 2.19. The Bertz CT molecular complexity index is 920. The van der Waals surface area contributed by atoms with E-state index in [0.29, 0.717) is 12.2 Å². The molecule has 2 heterocycles. The molecule has 134 valence electrons. The Balaban J connectivity index is 2.00. The average molecular weight is 343 g/mol. The molecule has 1 aromatic carbocycles. The predicted molar refractivity (Wildman–Crippen MR) is 101 cm³/mol. The predicted octanol–water partition coefficient (Wildman–Crippen LogP) is 2.13. The Labute approximate surface area is 147 Å². The number of hydrogen-bond acceptors (Lipinski definition) is 3. The molecule has 1 aliphatic heterocycles. The summed E-state index contributed by atoms with van der Waals surface area (Å²) < 4.78 is 3.21. The van der Waals surface area contributed by atoms with Gasteiger partial charge in [-0.1, -0.05) is 11.6 Å². The second-order valence-electron chi connectivity index (χ2n) is 6.83. The first-order valence-electron chi connectivity index (χ1n) is 8.38. The average Bonchev–Trinajstić information content (AvgIpc) is 2.79. The maximum atomic E-state index is 12.6. The first-order chi connectivity index (χ1) is 11.8. The van der Waals surface area contributed by atoms with Gasteiger partial charge in [-0.25, -0.2) is 9.59 Å². The number of urea groups is 1. The fourth-order valence-corrected chi connectivity index (χ4v) is 3.15. The first-order valence-corrected chi connectivity index (χ1v) is 8.38. The standard InChI is InChI=1S/C18H25N5O2/c1-12-6-8-23(9-7-12)17(24)19-13-10-15-16(11-14(13)20(2)3)22(5)18(25)21(15)4/h6,10-11H,7-9H2,1-5H3,(H,19,24). The number of nitrogens with one attached hydrogen (secondary N) is 1. The van der Waals surface area contributed by atoms with Gasteiger partial charge in [0, 0.05) is 41.3 Å². The van der Waals surface area contributed by atoms with Crippen molar-refractivity contribution in [3.63, 3.8) is 0 Å². The largest absolute Gasteiger partial charge is 0.376 e. The van der Waals surface area contributed by atoms with Gasteiger partial charge in [0.1, 0.15) is 0 Å². The van der Waals surface area contributed by atoms with Gasteiger partial charge < -0.3 is 15.1 Å². The highest BCUT2D eigenvalue weighted by molar-refractivity contribution is 5.98. The Kier molecular flexibility index (Phi) is 4.32. The number of anilines is 2. The number of rotatable bonds is 2. The molecule has 0 unspecified atom stereocenters. The first kappa shape index (κ1) is 17.1. The summed E-state index contributed by atoms with van der Waals surface area (Å²) in [4.78, 5) is 28.6. The van der Waals surface area contributed by atoms with Gasteiger partial charge in [0.15, 0.2) is 0 Å². The van der Waals surface area contributed by atoms with Crippen molar-refractivity contribution in [3.05, 3.63) is 34.3 Å². The quantitative estimate of drug-likeness (QED) is 0.850. The SMILES string of the molecule is CC1=CCN(C(=O)Nc2cc3c(cc2N(C)C)n(C)c(=O)n3C)CC1. The molecule has 0 saturated carbocycles. The van der Waals surface area contributed by atoms with Crippen LogP contribution in [0.4, 0.5) is 16.2 Å². The summed E-state index contributed by atoms with van der Waals surface area (Å²) in [6, 6.07) is 3.69. The molecule has 7 nitrogen and oxygen atoms in total. The summed E-state index contributed by atoms with van der Waals surface area (Å²) in [6.45, 7) is 3.43. The molecule has 2 amide bonds. The summed E-state index contributed by atoms with van der Waals surface area (Å²) in [6.07, 6.45) is 2.99. The normalized spacial score (nSPS) is 14.6. The smallest absolute Gasteiger partial charge is 0.328 e. The van der Waals surface area contributed by atoms with Crippen LogP contribution in [-0.4, -0.2) is 47.3 Å². The number of fused-ring (bicyclic) bond motifs is 1. The number of hydrogen-bond donors (Lipinski definition) is 1. The van der Waals surface area contributed by atoms with Gasteiger partial charge in [0.05, 0.1) is 22.4 Å². The van der Waals surface area contributed by atoms with E-state index in [9.17, 15) is 9.59 Å². The van der Waals surface area contributed by atoms with Crippen LogP contribution in [0.25, 0.3) is 11.0 Å². The molecular weight excluding hydrogens is 318 g/mol. The van der Waals surface area contributed by atoms with E-state index in [-0.39, 0.29) is 11.7 Å². The zero-order valence-electron chi connectivity index (χ0n) is 15.5. The number of benzene rings is 1. The molecule has 0 saturated heterocycles. The van der Waals surface area contributed by atoms with E-state index < -0.39 is 0 Å². The minimum Gasteiger partial charge on any atom is -0.376 e. The molecule has 2 aromatic rings. The van der Waals surface area contributed by atoms with Crippen molar-refractivity contribution < 1.29 is 4.79 Å². The molecule has 1 aliphatic rings. The molecular formula is C18H25N5O2. The second-order valence-corrected chi connectivity index (χ2v) is 6.83. The van der Waals surface area contributed by atoms with E-state index >= 15 is 0 Å². The van der Waals surface area contributed by atoms with Crippen LogP contribution in [0.1, 0.15) is 13.3 Å². The Morgan fingerprint density at radius 2 is 1.80 bits per heavy atom. The maximum Gasteiger partial charge on any atom is 0.328 e. The molecule has 1 N–H and O–H groups in total. The summed E-state index contributed by atoms with van der Waals surface area (Å²) in [7, 11) is 7.34. The van der Waals surface area contributed by atoms with Crippen molar-refractivity contribution in [2.75, 3.05) is 37.4 Å². The van der Waals surface area contributed by atoms with Gasteiger partial charge in [-0.05, 0) is 25.5 Å². The zero-order chi connectivity index (χ0) is 18.3. The zero-order valence-corrected chi connectivity index (χ0v) is 15.5. The molecule has 0 fully saturated rings. The Morgan fingerprint density at radius 3 is 2.36 bits per heavy atom. The third-order valence-electron chi connectivity index (χ3n) is 4.84. The highest BCUT2D eigenvalue weighted by atomic mass is 16.2. The lowest BCUT2D eigenvalue weighted by atomic mass is 10.1. The van der Waals surface area contributed by atoms with Gasteiger partial charge >= 0.3 is 11.7 Å². The van der Waals surface area contributed by atoms with Crippen LogP contribution in [-0.2, 0) is 14.1 Å². The molecule has 0 bridgehead atoms. The lowest BCUT2D eigenvalue weighted by Crippen LogP contribution is -2.38. The molecule has 7 heteroatoms. The molecule has 0 spiro atoms. The second kappa shape index (κ2) is 6.31. The molecule has 0 atom stereocenters. The van der Waals surface area contributed by atoms with Crippen LogP contribution >= 0.6 is 0 Å². The molecule has 0 radical (unpaired) electrons. The van der Waals surface area contributed by atoms with E-state index in [4.69, 9.17) is 0 Å². The molecule has 0 aliphatic carbocycles. The van der Waals surface area contributed by atoms with Gasteiger partial charge in [-0.15, -0.1) is 0 Å². The van der Waals surface area contributed by atoms with Crippen LogP contribution < -0.4 is 15.9 Å². The van der Waals surface area contributed by atoms with Crippen LogP contribution in [0.3, 0.4) is 0 Å². The van der Waals surface area contributed by atoms with Crippen molar-refractivity contribution in [2.24, 2.45) is 14.1 Å². The van der Waals surface area contributed by atoms with Crippen molar-refractivity contribution in [3.8, 4) is 0 Å². The van der Waals surface area contributed by atoms with E-state index in [1.54, 1.807) is 28.1 Å². The number of aryl methyl sites for hydroxylation is 2. The van der Waals surface area contributed by atoms with Gasteiger partial charge in [0.25, 0.3) is 0 Å². The van der Waals surface area contributed by atoms with Crippen molar-refractivity contribution in [2.45, 2.75) is 13.3 Å². The van der Waals surface area contributed by atoms with Crippen molar-refractivity contribution >= 4 is 28.4 Å². The van der Waals surface area contributed by atoms with Gasteiger partial charge in [0.2, 0.25) is 0 Å². The summed E-state index contributed by atoms with van der Waals surface area (Å²) in [5.41, 5.74) is 4.44. The van der Waals surface area contributed by atoms with E-state index in [2.05, 4.69) is 18.3 Å². The van der Waals surface area contributed by atoms with Gasteiger partial charge in [-0.3, -0.25) is 9.13 Å². The number of aromatic nitrogens is 2. The monoisotopic (exact) mass is 343 g/mol. The fraction of sp³-hybridized carbons (Fsp3) is 0.444. The maximum absolute atomic E-state index is 12.6. The third kappa shape index (κ3) is 3.01. The highest BCUT2D eigenvalue weighted by Crippen LogP contribution is 2.30. The molecule has 3 rings (SSSR count). The van der Waals surface area contributed by atoms with Crippen LogP contribution in [0.2, 0.25) is 0 Å². The number of amides is 2. The molecule has 1 aromatic heterocycles. The Hall–Kier alpha value is -2.70. The minimum atomic E-state index is -0.118. The fourth-order valence-electron chi connectivity index (χ4n) is 3.15. The number of nitrogens with zero attached hydrogens (tertiary/aromatic N) is 4. The minimum absolute atomic E-state index is 0.0835. The van der Waals surface area contributed by atoms with Gasteiger partial charge in [-0.2, -0.15) is 0 Å².